The predicted molar refractivity (Wildman–Crippen MR) is 82.4 cm³/mol. The quantitative estimate of drug-likeness (QED) is 0.810. The van der Waals surface area contributed by atoms with Crippen LogP contribution >= 0.6 is 0 Å². The summed E-state index contributed by atoms with van der Waals surface area (Å²) in [6, 6.07) is 0. The molecule has 1 aliphatic carbocycles. The largest absolute Gasteiger partial charge is 0.384 e. The zero-order valence-corrected chi connectivity index (χ0v) is 13.0. The Labute approximate surface area is 122 Å². The van der Waals surface area contributed by atoms with Crippen LogP contribution in [0.25, 0.3) is 0 Å². The number of aromatic nitrogens is 2. The summed E-state index contributed by atoms with van der Waals surface area (Å²) in [6.45, 7) is 5.96. The fraction of sp³-hybridized carbons (Fsp3) is 0.750. The first-order valence-electron chi connectivity index (χ1n) is 7.88. The standard InChI is InChI=1S/C16H27N3O/c1-4-10-17-16-13-8-6-5-7-9-14(13)18-15(19-16)12(2)11-20-3/h12H,4-11H2,1-3H3,(H,17,18,19). The van der Waals surface area contributed by atoms with E-state index in [2.05, 4.69) is 19.2 Å². The number of methoxy groups -OCH3 is 1. The number of fused-ring (bicyclic) bond motifs is 1. The number of hydrogen-bond donors (Lipinski definition) is 1. The van der Waals surface area contributed by atoms with Gasteiger partial charge in [-0.15, -0.1) is 0 Å². The topological polar surface area (TPSA) is 47.0 Å². The highest BCUT2D eigenvalue weighted by Crippen LogP contribution is 2.26. The molecular weight excluding hydrogens is 250 g/mol. The fourth-order valence-electron chi connectivity index (χ4n) is 2.72. The van der Waals surface area contributed by atoms with E-state index in [1.165, 1.54) is 30.5 Å². The maximum Gasteiger partial charge on any atom is 0.136 e. The van der Waals surface area contributed by atoms with E-state index in [1.807, 2.05) is 0 Å². The van der Waals surface area contributed by atoms with Crippen molar-refractivity contribution in [3.63, 3.8) is 0 Å². The maximum absolute atomic E-state index is 5.25. The SMILES string of the molecule is CCCNc1nc(C(C)COC)nc2c1CCCCC2. The Hall–Kier alpha value is -1.16. The van der Waals surface area contributed by atoms with Gasteiger partial charge >= 0.3 is 0 Å². The Morgan fingerprint density at radius 2 is 2.00 bits per heavy atom. The molecule has 1 heterocycles. The number of aryl methyl sites for hydroxylation is 1. The number of anilines is 1. The van der Waals surface area contributed by atoms with Crippen molar-refractivity contribution in [3.05, 3.63) is 17.1 Å². The highest BCUT2D eigenvalue weighted by Gasteiger charge is 2.19. The molecule has 0 radical (unpaired) electrons. The van der Waals surface area contributed by atoms with Crippen LogP contribution in [0, 0.1) is 0 Å². The molecule has 0 amide bonds. The Morgan fingerprint density at radius 3 is 2.75 bits per heavy atom. The van der Waals surface area contributed by atoms with E-state index < -0.39 is 0 Å². The minimum absolute atomic E-state index is 0.246. The lowest BCUT2D eigenvalue weighted by Crippen LogP contribution is -2.15. The lowest BCUT2D eigenvalue weighted by atomic mass is 10.1. The zero-order valence-electron chi connectivity index (χ0n) is 13.0. The third kappa shape index (κ3) is 3.69. The maximum atomic E-state index is 5.25. The van der Waals surface area contributed by atoms with Crippen LogP contribution in [-0.4, -0.2) is 30.2 Å². The molecule has 1 atom stereocenters. The molecule has 1 aromatic rings. The summed E-state index contributed by atoms with van der Waals surface area (Å²) >= 11 is 0. The number of nitrogens with one attached hydrogen (secondary N) is 1. The van der Waals surface area contributed by atoms with Gasteiger partial charge in [-0.25, -0.2) is 9.97 Å². The van der Waals surface area contributed by atoms with E-state index in [1.54, 1.807) is 7.11 Å². The average molecular weight is 277 g/mol. The van der Waals surface area contributed by atoms with Gasteiger partial charge in [-0.2, -0.15) is 0 Å². The van der Waals surface area contributed by atoms with Crippen molar-refractivity contribution < 1.29 is 4.74 Å². The monoisotopic (exact) mass is 277 g/mol. The van der Waals surface area contributed by atoms with Crippen LogP contribution in [-0.2, 0) is 17.6 Å². The molecule has 0 aliphatic heterocycles. The van der Waals surface area contributed by atoms with Gasteiger partial charge in [0.15, 0.2) is 0 Å². The van der Waals surface area contributed by atoms with Gasteiger partial charge in [0, 0.05) is 30.8 Å². The molecule has 20 heavy (non-hydrogen) atoms. The van der Waals surface area contributed by atoms with E-state index in [9.17, 15) is 0 Å². The summed E-state index contributed by atoms with van der Waals surface area (Å²) in [6.07, 6.45) is 7.11. The predicted octanol–water partition coefficient (Wildman–Crippen LogP) is 3.32. The second kappa shape index (κ2) is 7.58. The van der Waals surface area contributed by atoms with Gasteiger partial charge in [0.1, 0.15) is 11.6 Å². The summed E-state index contributed by atoms with van der Waals surface area (Å²) in [5, 5.41) is 3.50. The normalized spacial score (nSPS) is 16.4. The van der Waals surface area contributed by atoms with Gasteiger partial charge in [0.25, 0.3) is 0 Å². The molecular formula is C16H27N3O. The Bertz CT molecular complexity index is 434. The molecule has 0 saturated heterocycles. The molecule has 0 fully saturated rings. The Kier molecular flexibility index (Phi) is 5.77. The van der Waals surface area contributed by atoms with Crippen LogP contribution < -0.4 is 5.32 Å². The Morgan fingerprint density at radius 1 is 1.20 bits per heavy atom. The van der Waals surface area contributed by atoms with Crippen LogP contribution in [0.1, 0.15) is 62.5 Å². The lowest BCUT2D eigenvalue weighted by Gasteiger charge is -2.17. The molecule has 0 bridgehead atoms. The first-order chi connectivity index (χ1) is 9.76. The van der Waals surface area contributed by atoms with Crippen molar-refractivity contribution in [2.45, 2.75) is 58.3 Å². The van der Waals surface area contributed by atoms with E-state index in [4.69, 9.17) is 14.7 Å². The molecule has 0 saturated carbocycles. The molecule has 2 rings (SSSR count). The Balaban J connectivity index is 2.33. The van der Waals surface area contributed by atoms with Gasteiger partial charge in [-0.3, -0.25) is 0 Å². The van der Waals surface area contributed by atoms with Gasteiger partial charge in [-0.05, 0) is 32.1 Å². The van der Waals surface area contributed by atoms with Crippen LogP contribution in [0.3, 0.4) is 0 Å². The number of rotatable bonds is 6. The smallest absolute Gasteiger partial charge is 0.136 e. The van der Waals surface area contributed by atoms with Gasteiger partial charge in [0.2, 0.25) is 0 Å². The van der Waals surface area contributed by atoms with Crippen molar-refractivity contribution in [2.24, 2.45) is 0 Å². The van der Waals surface area contributed by atoms with Crippen LogP contribution in [0.15, 0.2) is 0 Å². The second-order valence-electron chi connectivity index (χ2n) is 5.70. The summed E-state index contributed by atoms with van der Waals surface area (Å²) in [7, 11) is 1.73. The van der Waals surface area contributed by atoms with E-state index >= 15 is 0 Å². The first-order valence-corrected chi connectivity index (χ1v) is 7.88. The number of ether oxygens (including phenoxy) is 1. The van der Waals surface area contributed by atoms with Gasteiger partial charge < -0.3 is 10.1 Å². The highest BCUT2D eigenvalue weighted by molar-refractivity contribution is 5.47. The fourth-order valence-corrected chi connectivity index (χ4v) is 2.72. The third-order valence-corrected chi connectivity index (χ3v) is 3.85. The van der Waals surface area contributed by atoms with Crippen molar-refractivity contribution in [1.82, 2.24) is 9.97 Å². The van der Waals surface area contributed by atoms with Crippen LogP contribution in [0.2, 0.25) is 0 Å². The summed E-state index contributed by atoms with van der Waals surface area (Å²) < 4.78 is 5.25. The van der Waals surface area contributed by atoms with Crippen molar-refractivity contribution in [3.8, 4) is 0 Å². The highest BCUT2D eigenvalue weighted by atomic mass is 16.5. The molecule has 0 aromatic carbocycles. The lowest BCUT2D eigenvalue weighted by molar-refractivity contribution is 0.181. The van der Waals surface area contributed by atoms with E-state index in [0.29, 0.717) is 6.61 Å². The van der Waals surface area contributed by atoms with Crippen LogP contribution in [0.5, 0.6) is 0 Å². The van der Waals surface area contributed by atoms with Crippen molar-refractivity contribution in [1.29, 1.82) is 0 Å². The molecule has 0 spiro atoms. The molecule has 4 nitrogen and oxygen atoms in total. The molecule has 1 aromatic heterocycles. The van der Waals surface area contributed by atoms with Crippen molar-refractivity contribution >= 4 is 5.82 Å². The minimum Gasteiger partial charge on any atom is -0.384 e. The summed E-state index contributed by atoms with van der Waals surface area (Å²) in [5.74, 6) is 2.23. The van der Waals surface area contributed by atoms with Crippen LogP contribution in [0.4, 0.5) is 5.82 Å². The molecule has 112 valence electrons. The van der Waals surface area contributed by atoms with Gasteiger partial charge in [-0.1, -0.05) is 20.3 Å². The average Bonchev–Trinajstić information content (AvgIpc) is 2.70. The molecule has 1 aliphatic rings. The van der Waals surface area contributed by atoms with Gasteiger partial charge in [0.05, 0.1) is 6.61 Å². The number of hydrogen-bond acceptors (Lipinski definition) is 4. The summed E-state index contributed by atoms with van der Waals surface area (Å²) in [4.78, 5) is 9.61. The molecule has 4 heteroatoms. The first kappa shape index (κ1) is 15.2. The zero-order chi connectivity index (χ0) is 14.4. The third-order valence-electron chi connectivity index (χ3n) is 3.85. The van der Waals surface area contributed by atoms with Crippen molar-refractivity contribution in [2.75, 3.05) is 25.6 Å². The minimum atomic E-state index is 0.246. The molecule has 1 unspecified atom stereocenters. The summed E-state index contributed by atoms with van der Waals surface area (Å²) in [5.41, 5.74) is 2.61. The molecule has 1 N–H and O–H groups in total. The van der Waals surface area contributed by atoms with E-state index in [0.717, 1.165) is 37.4 Å². The van der Waals surface area contributed by atoms with E-state index in [-0.39, 0.29) is 5.92 Å². The second-order valence-corrected chi connectivity index (χ2v) is 5.70. The number of nitrogens with zero attached hydrogens (tertiary/aromatic N) is 2.